The number of carbonyl (C=O) groups is 2. The third kappa shape index (κ3) is 2.38. The Kier molecular flexibility index (Phi) is 3.17. The molecule has 0 aromatic carbocycles. The van der Waals surface area contributed by atoms with Crippen LogP contribution in [-0.4, -0.2) is 40.6 Å². The van der Waals surface area contributed by atoms with E-state index < -0.39 is 29.3 Å². The van der Waals surface area contributed by atoms with Gasteiger partial charge in [-0.1, -0.05) is 0 Å². The fraction of sp³-hybridized carbons (Fsp3) is 0.545. The highest BCUT2D eigenvalue weighted by molar-refractivity contribution is 7.09. The van der Waals surface area contributed by atoms with Crippen LogP contribution < -0.4 is 5.32 Å². The first-order chi connectivity index (χ1) is 9.82. The van der Waals surface area contributed by atoms with E-state index in [4.69, 9.17) is 4.74 Å². The molecule has 10 heteroatoms. The minimum absolute atomic E-state index is 0.0572. The maximum absolute atomic E-state index is 12.5. The van der Waals surface area contributed by atoms with Gasteiger partial charge in [-0.2, -0.15) is 13.2 Å². The fourth-order valence-electron chi connectivity index (χ4n) is 2.30. The molecule has 0 aliphatic carbocycles. The third-order valence-corrected chi connectivity index (χ3v) is 4.24. The monoisotopic (exact) mass is 321 g/mol. The number of urea groups is 1. The Bertz CT molecular complexity index is 595. The number of ether oxygens (including phenoxy) is 1. The first-order valence-electron chi connectivity index (χ1n) is 6.05. The lowest BCUT2D eigenvalue weighted by atomic mass is 9.99. The largest absolute Gasteiger partial charge is 0.434 e. The molecule has 0 saturated carbocycles. The molecule has 2 fully saturated rings. The van der Waals surface area contributed by atoms with Gasteiger partial charge in [0.2, 0.25) is 0 Å². The Hall–Kier alpha value is -1.68. The normalized spacial score (nSPS) is 26.0. The number of nitrogens with one attached hydrogen (secondary N) is 1. The van der Waals surface area contributed by atoms with Gasteiger partial charge in [0.05, 0.1) is 13.2 Å². The standard InChI is InChI=1S/C11H10F3N3O3S/c12-11(13,14)6-4-21-7(15-6)3-17-8(18)10(16-9(17)19)1-2-20-5-10/h4H,1-3,5H2,(H,16,19)/t10-/m0/s1. The number of rotatable bonds is 2. The number of aromatic nitrogens is 1. The Morgan fingerprint density at radius 2 is 2.24 bits per heavy atom. The summed E-state index contributed by atoms with van der Waals surface area (Å²) in [4.78, 5) is 28.4. The van der Waals surface area contributed by atoms with Gasteiger partial charge >= 0.3 is 12.2 Å². The number of amides is 3. The van der Waals surface area contributed by atoms with Gasteiger partial charge < -0.3 is 10.1 Å². The van der Waals surface area contributed by atoms with Crippen LogP contribution in [0.2, 0.25) is 0 Å². The summed E-state index contributed by atoms with van der Waals surface area (Å²) >= 11 is 0.762. The predicted molar refractivity (Wildman–Crippen MR) is 64.4 cm³/mol. The SMILES string of the molecule is O=C1N[C@]2(CCOC2)C(=O)N1Cc1nc(C(F)(F)F)cs1. The highest BCUT2D eigenvalue weighted by Gasteiger charge is 2.53. The van der Waals surface area contributed by atoms with E-state index in [1.165, 1.54) is 0 Å². The van der Waals surface area contributed by atoms with Crippen LogP contribution in [0.4, 0.5) is 18.0 Å². The molecule has 1 aromatic heterocycles. The number of imide groups is 1. The summed E-state index contributed by atoms with van der Waals surface area (Å²) in [7, 11) is 0. The first-order valence-corrected chi connectivity index (χ1v) is 6.93. The molecule has 6 nitrogen and oxygen atoms in total. The van der Waals surface area contributed by atoms with Gasteiger partial charge in [-0.3, -0.25) is 9.69 Å². The quantitative estimate of drug-likeness (QED) is 0.835. The van der Waals surface area contributed by atoms with Crippen LogP contribution in [0, 0.1) is 0 Å². The van der Waals surface area contributed by atoms with E-state index in [0.29, 0.717) is 13.0 Å². The summed E-state index contributed by atoms with van der Waals surface area (Å²) < 4.78 is 42.6. The summed E-state index contributed by atoms with van der Waals surface area (Å²) in [5.74, 6) is -0.478. The van der Waals surface area contributed by atoms with E-state index in [-0.39, 0.29) is 18.2 Å². The van der Waals surface area contributed by atoms with Crippen molar-refractivity contribution in [3.8, 4) is 0 Å². The Balaban J connectivity index is 1.77. The third-order valence-electron chi connectivity index (χ3n) is 3.40. The predicted octanol–water partition coefficient (Wildman–Crippen LogP) is 1.37. The van der Waals surface area contributed by atoms with E-state index in [1.54, 1.807) is 0 Å². The molecule has 0 radical (unpaired) electrons. The molecule has 3 amide bonds. The van der Waals surface area contributed by atoms with E-state index in [9.17, 15) is 22.8 Å². The van der Waals surface area contributed by atoms with Crippen LogP contribution in [0.3, 0.4) is 0 Å². The number of hydrogen-bond acceptors (Lipinski definition) is 5. The topological polar surface area (TPSA) is 71.5 Å². The lowest BCUT2D eigenvalue weighted by Gasteiger charge is -2.17. The summed E-state index contributed by atoms with van der Waals surface area (Å²) in [5, 5.41) is 3.47. The van der Waals surface area contributed by atoms with Crippen molar-refractivity contribution in [2.75, 3.05) is 13.2 Å². The zero-order valence-electron chi connectivity index (χ0n) is 10.6. The van der Waals surface area contributed by atoms with Crippen molar-refractivity contribution in [1.82, 2.24) is 15.2 Å². The van der Waals surface area contributed by atoms with E-state index in [2.05, 4.69) is 10.3 Å². The minimum Gasteiger partial charge on any atom is -0.378 e. The van der Waals surface area contributed by atoms with Gasteiger partial charge in [0.15, 0.2) is 5.69 Å². The average Bonchev–Trinajstić information content (AvgIpc) is 3.07. The average molecular weight is 321 g/mol. The van der Waals surface area contributed by atoms with Gasteiger partial charge in [-0.25, -0.2) is 9.78 Å². The van der Waals surface area contributed by atoms with Crippen LogP contribution in [0.15, 0.2) is 5.38 Å². The second-order valence-electron chi connectivity index (χ2n) is 4.83. The first kappa shape index (κ1) is 14.3. The molecule has 3 rings (SSSR count). The van der Waals surface area contributed by atoms with E-state index in [0.717, 1.165) is 21.6 Å². The second kappa shape index (κ2) is 4.67. The number of carbonyl (C=O) groups excluding carboxylic acids is 2. The molecule has 21 heavy (non-hydrogen) atoms. The summed E-state index contributed by atoms with van der Waals surface area (Å²) in [5.41, 5.74) is -2.09. The molecule has 2 aliphatic heterocycles. The van der Waals surface area contributed by atoms with Crippen molar-refractivity contribution in [3.05, 3.63) is 16.1 Å². The van der Waals surface area contributed by atoms with Crippen molar-refractivity contribution in [1.29, 1.82) is 0 Å². The maximum Gasteiger partial charge on any atom is 0.434 e. The molecule has 1 aromatic rings. The molecule has 114 valence electrons. The van der Waals surface area contributed by atoms with Crippen molar-refractivity contribution < 1.29 is 27.5 Å². The van der Waals surface area contributed by atoms with E-state index >= 15 is 0 Å². The highest BCUT2D eigenvalue weighted by atomic mass is 32.1. The molecular weight excluding hydrogens is 311 g/mol. The minimum atomic E-state index is -4.54. The molecule has 1 N–H and O–H groups in total. The number of nitrogens with zero attached hydrogens (tertiary/aromatic N) is 2. The number of halogens is 3. The van der Waals surface area contributed by atoms with Crippen molar-refractivity contribution >= 4 is 23.3 Å². The number of hydrogen-bond donors (Lipinski definition) is 1. The van der Waals surface area contributed by atoms with Crippen LogP contribution >= 0.6 is 11.3 Å². The molecule has 3 heterocycles. The van der Waals surface area contributed by atoms with Crippen molar-refractivity contribution in [2.24, 2.45) is 0 Å². The van der Waals surface area contributed by atoms with Crippen molar-refractivity contribution in [2.45, 2.75) is 24.7 Å². The Morgan fingerprint density at radius 3 is 2.81 bits per heavy atom. The molecule has 1 atom stereocenters. The smallest absolute Gasteiger partial charge is 0.378 e. The van der Waals surface area contributed by atoms with Crippen LogP contribution in [0.25, 0.3) is 0 Å². The van der Waals surface area contributed by atoms with Gasteiger partial charge in [0.1, 0.15) is 10.5 Å². The molecule has 2 aliphatic rings. The number of thiazole rings is 1. The molecule has 0 unspecified atom stereocenters. The van der Waals surface area contributed by atoms with Gasteiger partial charge in [0, 0.05) is 18.4 Å². The van der Waals surface area contributed by atoms with Crippen molar-refractivity contribution in [3.63, 3.8) is 0 Å². The zero-order valence-corrected chi connectivity index (χ0v) is 11.4. The van der Waals surface area contributed by atoms with Crippen LogP contribution in [0.1, 0.15) is 17.1 Å². The lowest BCUT2D eigenvalue weighted by molar-refractivity contribution is -0.140. The highest BCUT2D eigenvalue weighted by Crippen LogP contribution is 2.32. The summed E-state index contributed by atoms with van der Waals surface area (Å²) in [6.45, 7) is 0.169. The summed E-state index contributed by atoms with van der Waals surface area (Å²) in [6.07, 6.45) is -4.17. The molecular formula is C11H10F3N3O3S. The molecule has 0 bridgehead atoms. The number of alkyl halides is 3. The van der Waals surface area contributed by atoms with Crippen LogP contribution in [0.5, 0.6) is 0 Å². The van der Waals surface area contributed by atoms with Crippen LogP contribution in [-0.2, 0) is 22.3 Å². The second-order valence-corrected chi connectivity index (χ2v) is 5.77. The van der Waals surface area contributed by atoms with Gasteiger partial charge in [0.25, 0.3) is 5.91 Å². The Labute approximate surface area is 120 Å². The fourth-order valence-corrected chi connectivity index (χ4v) is 3.09. The summed E-state index contributed by atoms with van der Waals surface area (Å²) in [6, 6.07) is -0.630. The maximum atomic E-state index is 12.5. The molecule has 2 saturated heterocycles. The Morgan fingerprint density at radius 1 is 1.48 bits per heavy atom. The molecule has 1 spiro atoms. The van der Waals surface area contributed by atoms with E-state index in [1.807, 2.05) is 0 Å². The lowest BCUT2D eigenvalue weighted by Crippen LogP contribution is -2.47. The van der Waals surface area contributed by atoms with Gasteiger partial charge in [-0.15, -0.1) is 11.3 Å². The van der Waals surface area contributed by atoms with Gasteiger partial charge in [-0.05, 0) is 0 Å². The zero-order chi connectivity index (χ0) is 15.3.